The highest BCUT2D eigenvalue weighted by Crippen LogP contribution is 2.21. The van der Waals surface area contributed by atoms with Gasteiger partial charge in [0, 0.05) is 4.88 Å². The number of rotatable bonds is 8. The van der Waals surface area contributed by atoms with Crippen molar-refractivity contribution in [3.05, 3.63) is 20.8 Å². The van der Waals surface area contributed by atoms with Crippen molar-refractivity contribution in [2.75, 3.05) is 26.7 Å². The molecule has 0 fully saturated rings. The molecule has 2 nitrogen and oxygen atoms in total. The van der Waals surface area contributed by atoms with Crippen LogP contribution in [0.15, 0.2) is 15.9 Å². The van der Waals surface area contributed by atoms with Crippen LogP contribution >= 0.6 is 27.3 Å². The largest absolute Gasteiger partial charge is 0.319 e. The van der Waals surface area contributed by atoms with Gasteiger partial charge in [-0.2, -0.15) is 0 Å². The summed E-state index contributed by atoms with van der Waals surface area (Å²) in [6.07, 6.45) is 2.37. The van der Waals surface area contributed by atoms with E-state index in [1.54, 1.807) is 0 Å². The zero-order valence-corrected chi connectivity index (χ0v) is 12.5. The molecule has 0 aliphatic heterocycles. The maximum Gasteiger partial charge on any atom is 0.0701 e. The van der Waals surface area contributed by atoms with E-state index in [-0.39, 0.29) is 0 Å². The second-order valence-corrected chi connectivity index (χ2v) is 6.54. The minimum atomic E-state index is 0.750. The highest BCUT2D eigenvalue weighted by Gasteiger charge is 2.04. The molecule has 1 heterocycles. The molecule has 1 rings (SSSR count). The van der Waals surface area contributed by atoms with Crippen LogP contribution in [0.1, 0.15) is 18.2 Å². The number of thiophene rings is 1. The van der Waals surface area contributed by atoms with Crippen LogP contribution in [-0.4, -0.2) is 26.7 Å². The third kappa shape index (κ3) is 5.43. The van der Waals surface area contributed by atoms with Gasteiger partial charge in [0.05, 0.1) is 3.79 Å². The van der Waals surface area contributed by atoms with Crippen LogP contribution in [-0.2, 0) is 6.42 Å². The van der Waals surface area contributed by atoms with Gasteiger partial charge in [-0.25, -0.2) is 0 Å². The Balaban J connectivity index is 2.11. The Bertz CT molecular complexity index is 288. The molecule has 4 heteroatoms. The molecular weight excluding hydrogens is 284 g/mol. The molecule has 1 aromatic heterocycles. The summed E-state index contributed by atoms with van der Waals surface area (Å²) in [6.45, 7) is 5.55. The van der Waals surface area contributed by atoms with Gasteiger partial charge >= 0.3 is 0 Å². The second kappa shape index (κ2) is 8.23. The quantitative estimate of drug-likeness (QED) is 0.722. The topological polar surface area (TPSA) is 24.1 Å². The average Bonchev–Trinajstić information content (AvgIpc) is 2.69. The summed E-state index contributed by atoms with van der Waals surface area (Å²) in [6, 6.07) is 4.32. The van der Waals surface area contributed by atoms with Crippen LogP contribution in [0.2, 0.25) is 0 Å². The SMILES string of the molecule is CCC(CNC)CNCCc1ccc(Br)s1. The van der Waals surface area contributed by atoms with Crippen molar-refractivity contribution >= 4 is 27.3 Å². The van der Waals surface area contributed by atoms with Crippen LogP contribution in [0.25, 0.3) is 0 Å². The van der Waals surface area contributed by atoms with Crippen LogP contribution in [0.3, 0.4) is 0 Å². The maximum atomic E-state index is 3.53. The molecule has 2 N–H and O–H groups in total. The Labute approximate surface area is 111 Å². The van der Waals surface area contributed by atoms with Crippen LogP contribution in [0.4, 0.5) is 0 Å². The molecule has 0 saturated heterocycles. The summed E-state index contributed by atoms with van der Waals surface area (Å²) >= 11 is 5.31. The lowest BCUT2D eigenvalue weighted by Crippen LogP contribution is -2.30. The molecule has 1 unspecified atom stereocenters. The smallest absolute Gasteiger partial charge is 0.0701 e. The second-order valence-electron chi connectivity index (χ2n) is 3.99. The van der Waals surface area contributed by atoms with E-state index in [1.165, 1.54) is 15.1 Å². The minimum Gasteiger partial charge on any atom is -0.319 e. The lowest BCUT2D eigenvalue weighted by atomic mass is 10.1. The summed E-state index contributed by atoms with van der Waals surface area (Å²) in [5.74, 6) is 0.750. The molecule has 0 amide bonds. The molecule has 0 aliphatic rings. The molecule has 0 aromatic carbocycles. The molecule has 16 heavy (non-hydrogen) atoms. The molecule has 92 valence electrons. The fraction of sp³-hybridized carbons (Fsp3) is 0.667. The third-order valence-electron chi connectivity index (χ3n) is 2.68. The summed E-state index contributed by atoms with van der Waals surface area (Å²) in [5, 5.41) is 6.77. The van der Waals surface area contributed by atoms with E-state index in [0.717, 1.165) is 32.0 Å². The number of hydrogen-bond acceptors (Lipinski definition) is 3. The summed E-state index contributed by atoms with van der Waals surface area (Å²) < 4.78 is 1.23. The lowest BCUT2D eigenvalue weighted by molar-refractivity contribution is 0.447. The standard InChI is InChI=1S/C12H21BrN2S/c1-3-10(8-14-2)9-15-7-6-11-4-5-12(13)16-11/h4-5,10,14-15H,3,6-9H2,1-2H3. The van der Waals surface area contributed by atoms with E-state index < -0.39 is 0 Å². The molecule has 0 aliphatic carbocycles. The summed E-state index contributed by atoms with van der Waals surface area (Å²) in [4.78, 5) is 1.45. The highest BCUT2D eigenvalue weighted by atomic mass is 79.9. The first-order valence-electron chi connectivity index (χ1n) is 5.85. The zero-order chi connectivity index (χ0) is 11.8. The van der Waals surface area contributed by atoms with E-state index in [4.69, 9.17) is 0 Å². The molecule has 1 atom stereocenters. The molecule has 1 aromatic rings. The Hall–Kier alpha value is 0.1000. The molecule has 0 bridgehead atoms. The highest BCUT2D eigenvalue weighted by molar-refractivity contribution is 9.11. The monoisotopic (exact) mass is 304 g/mol. The maximum absolute atomic E-state index is 3.53. The van der Waals surface area contributed by atoms with Crippen molar-refractivity contribution in [3.63, 3.8) is 0 Å². The zero-order valence-electron chi connectivity index (χ0n) is 10.1. The third-order valence-corrected chi connectivity index (χ3v) is 4.36. The van der Waals surface area contributed by atoms with Crippen molar-refractivity contribution in [3.8, 4) is 0 Å². The number of hydrogen-bond donors (Lipinski definition) is 2. The first-order valence-corrected chi connectivity index (χ1v) is 7.46. The Morgan fingerprint density at radius 3 is 2.75 bits per heavy atom. The fourth-order valence-electron chi connectivity index (χ4n) is 1.65. The summed E-state index contributed by atoms with van der Waals surface area (Å²) in [7, 11) is 2.02. The van der Waals surface area contributed by atoms with Gasteiger partial charge in [-0.15, -0.1) is 11.3 Å². The van der Waals surface area contributed by atoms with Gasteiger partial charge in [-0.3, -0.25) is 0 Å². The van der Waals surface area contributed by atoms with E-state index in [1.807, 2.05) is 18.4 Å². The average molecular weight is 305 g/mol. The van der Waals surface area contributed by atoms with Gasteiger partial charge in [0.15, 0.2) is 0 Å². The molecular formula is C12H21BrN2S. The lowest BCUT2D eigenvalue weighted by Gasteiger charge is -2.14. The van der Waals surface area contributed by atoms with E-state index >= 15 is 0 Å². The van der Waals surface area contributed by atoms with E-state index in [2.05, 4.69) is 45.6 Å². The Morgan fingerprint density at radius 1 is 1.38 bits per heavy atom. The van der Waals surface area contributed by atoms with E-state index in [9.17, 15) is 0 Å². The molecule has 0 saturated carbocycles. The molecule has 0 spiro atoms. The fourth-order valence-corrected chi connectivity index (χ4v) is 3.14. The van der Waals surface area contributed by atoms with Gasteiger partial charge in [-0.05, 0) is 67.1 Å². The summed E-state index contributed by atoms with van der Waals surface area (Å²) in [5.41, 5.74) is 0. The normalized spacial score (nSPS) is 12.9. The van der Waals surface area contributed by atoms with Gasteiger partial charge in [0.1, 0.15) is 0 Å². The minimum absolute atomic E-state index is 0.750. The Kier molecular flexibility index (Phi) is 7.28. The van der Waals surface area contributed by atoms with Crippen LogP contribution in [0.5, 0.6) is 0 Å². The van der Waals surface area contributed by atoms with Gasteiger partial charge < -0.3 is 10.6 Å². The van der Waals surface area contributed by atoms with Crippen molar-refractivity contribution in [1.29, 1.82) is 0 Å². The van der Waals surface area contributed by atoms with Gasteiger partial charge in [-0.1, -0.05) is 13.3 Å². The predicted molar refractivity (Wildman–Crippen MR) is 76.3 cm³/mol. The molecule has 0 radical (unpaired) electrons. The number of nitrogens with one attached hydrogen (secondary N) is 2. The van der Waals surface area contributed by atoms with Crippen molar-refractivity contribution in [2.45, 2.75) is 19.8 Å². The number of halogens is 1. The van der Waals surface area contributed by atoms with Gasteiger partial charge in [0.2, 0.25) is 0 Å². The Morgan fingerprint density at radius 2 is 2.19 bits per heavy atom. The first kappa shape index (κ1) is 14.2. The van der Waals surface area contributed by atoms with Gasteiger partial charge in [0.25, 0.3) is 0 Å². The predicted octanol–water partition coefficient (Wildman–Crippen LogP) is 2.89. The van der Waals surface area contributed by atoms with Crippen molar-refractivity contribution < 1.29 is 0 Å². The van der Waals surface area contributed by atoms with Crippen molar-refractivity contribution in [2.24, 2.45) is 5.92 Å². The van der Waals surface area contributed by atoms with Crippen LogP contribution < -0.4 is 10.6 Å². The van der Waals surface area contributed by atoms with Crippen LogP contribution in [0, 0.1) is 5.92 Å². The van der Waals surface area contributed by atoms with E-state index in [0.29, 0.717) is 0 Å². The first-order chi connectivity index (χ1) is 7.76. The van der Waals surface area contributed by atoms with Crippen molar-refractivity contribution in [1.82, 2.24) is 10.6 Å².